The molecular weight excluding hydrogens is 196 g/mol. The number of hydrogen-bond acceptors (Lipinski definition) is 1. The van der Waals surface area contributed by atoms with Gasteiger partial charge in [0.25, 0.3) is 0 Å². The molecule has 92 valence electrons. The largest absolute Gasteiger partial charge is 0.299 e. The average Bonchev–Trinajstić information content (AvgIpc) is 2.57. The van der Waals surface area contributed by atoms with E-state index in [1.54, 1.807) is 0 Å². The van der Waals surface area contributed by atoms with E-state index >= 15 is 0 Å². The van der Waals surface area contributed by atoms with E-state index in [-0.39, 0.29) is 5.41 Å². The normalized spacial score (nSPS) is 23.2. The lowest BCUT2D eigenvalue weighted by molar-refractivity contribution is -0.125. The number of rotatable bonds is 7. The molecule has 0 bridgehead atoms. The lowest BCUT2D eigenvalue weighted by Gasteiger charge is -2.25. The molecule has 0 amide bonds. The summed E-state index contributed by atoms with van der Waals surface area (Å²) in [6, 6.07) is 0. The van der Waals surface area contributed by atoms with E-state index in [1.807, 2.05) is 6.08 Å². The van der Waals surface area contributed by atoms with Gasteiger partial charge in [-0.3, -0.25) is 4.79 Å². The Morgan fingerprint density at radius 2 is 2.12 bits per heavy atom. The second-order valence-corrected chi connectivity index (χ2v) is 5.79. The van der Waals surface area contributed by atoms with Gasteiger partial charge in [-0.05, 0) is 37.5 Å². The topological polar surface area (TPSA) is 17.1 Å². The Labute approximate surface area is 100 Å². The van der Waals surface area contributed by atoms with Crippen molar-refractivity contribution >= 4 is 5.78 Å². The zero-order valence-electron chi connectivity index (χ0n) is 10.9. The van der Waals surface area contributed by atoms with Gasteiger partial charge in [0.15, 0.2) is 0 Å². The van der Waals surface area contributed by atoms with Crippen molar-refractivity contribution < 1.29 is 4.79 Å². The van der Waals surface area contributed by atoms with Crippen LogP contribution in [0.25, 0.3) is 0 Å². The molecule has 16 heavy (non-hydrogen) atoms. The fraction of sp³-hybridized carbons (Fsp3) is 0.800. The summed E-state index contributed by atoms with van der Waals surface area (Å²) >= 11 is 0. The van der Waals surface area contributed by atoms with Gasteiger partial charge >= 0.3 is 0 Å². The van der Waals surface area contributed by atoms with Crippen LogP contribution < -0.4 is 0 Å². The molecule has 0 aromatic heterocycles. The maximum absolute atomic E-state index is 12.1. The first-order chi connectivity index (χ1) is 7.58. The molecule has 0 spiro atoms. The first kappa shape index (κ1) is 13.5. The SMILES string of the molecule is C=CCCCCCC(=O)C1CCCC1(C)C. The summed E-state index contributed by atoms with van der Waals surface area (Å²) in [6.07, 6.45) is 10.9. The molecule has 1 atom stereocenters. The van der Waals surface area contributed by atoms with E-state index in [1.165, 1.54) is 25.7 Å². The maximum atomic E-state index is 12.1. The Balaban J connectivity index is 2.22. The summed E-state index contributed by atoms with van der Waals surface area (Å²) in [5.74, 6) is 0.855. The molecule has 0 aromatic carbocycles. The molecule has 0 aromatic rings. The van der Waals surface area contributed by atoms with E-state index in [4.69, 9.17) is 0 Å². The Kier molecular flexibility index (Phi) is 5.24. The number of carbonyl (C=O) groups excluding carboxylic acids is 1. The highest BCUT2D eigenvalue weighted by Gasteiger charge is 2.38. The minimum Gasteiger partial charge on any atom is -0.299 e. The van der Waals surface area contributed by atoms with Gasteiger partial charge < -0.3 is 0 Å². The molecule has 1 aliphatic rings. The Bertz CT molecular complexity index is 240. The second-order valence-electron chi connectivity index (χ2n) is 5.79. The van der Waals surface area contributed by atoms with Crippen LogP contribution in [0.1, 0.15) is 65.2 Å². The lowest BCUT2D eigenvalue weighted by atomic mass is 9.78. The van der Waals surface area contributed by atoms with Crippen LogP contribution in [0.3, 0.4) is 0 Å². The summed E-state index contributed by atoms with van der Waals surface area (Å²) in [4.78, 5) is 12.1. The average molecular weight is 222 g/mol. The number of allylic oxidation sites excluding steroid dienone is 1. The third-order valence-corrected chi connectivity index (χ3v) is 3.98. The molecule has 1 aliphatic carbocycles. The fourth-order valence-electron chi connectivity index (χ4n) is 2.86. The van der Waals surface area contributed by atoms with Crippen LogP contribution in [-0.2, 0) is 4.79 Å². The number of Topliss-reactive ketones (excluding diaryl/α,β-unsaturated/α-hetero) is 1. The minimum atomic E-state index is 0.262. The van der Waals surface area contributed by atoms with E-state index < -0.39 is 0 Å². The number of unbranched alkanes of at least 4 members (excludes halogenated alkanes) is 3. The third-order valence-electron chi connectivity index (χ3n) is 3.98. The smallest absolute Gasteiger partial charge is 0.136 e. The summed E-state index contributed by atoms with van der Waals surface area (Å²) in [5, 5.41) is 0. The Morgan fingerprint density at radius 1 is 1.38 bits per heavy atom. The molecule has 0 radical (unpaired) electrons. The molecule has 1 rings (SSSR count). The van der Waals surface area contributed by atoms with Gasteiger partial charge in [-0.15, -0.1) is 6.58 Å². The van der Waals surface area contributed by atoms with Gasteiger partial charge in [0, 0.05) is 12.3 Å². The molecule has 1 unspecified atom stereocenters. The molecule has 1 fully saturated rings. The van der Waals surface area contributed by atoms with Gasteiger partial charge in [0.1, 0.15) is 5.78 Å². The summed E-state index contributed by atoms with van der Waals surface area (Å²) in [6.45, 7) is 8.21. The van der Waals surface area contributed by atoms with Gasteiger partial charge in [-0.1, -0.05) is 32.8 Å². The van der Waals surface area contributed by atoms with Gasteiger partial charge in [0.05, 0.1) is 0 Å². The van der Waals surface area contributed by atoms with Crippen LogP contribution in [0.2, 0.25) is 0 Å². The zero-order chi connectivity index (χ0) is 12.0. The zero-order valence-corrected chi connectivity index (χ0v) is 10.9. The van der Waals surface area contributed by atoms with Crippen molar-refractivity contribution in [1.29, 1.82) is 0 Å². The Hall–Kier alpha value is -0.590. The molecule has 1 nitrogen and oxygen atoms in total. The first-order valence-corrected chi connectivity index (χ1v) is 6.71. The molecule has 1 heteroatoms. The number of carbonyl (C=O) groups is 1. The predicted octanol–water partition coefficient (Wildman–Crippen LogP) is 4.52. The van der Waals surface area contributed by atoms with Crippen molar-refractivity contribution in [3.63, 3.8) is 0 Å². The van der Waals surface area contributed by atoms with E-state index in [9.17, 15) is 4.79 Å². The predicted molar refractivity (Wildman–Crippen MR) is 69.4 cm³/mol. The highest BCUT2D eigenvalue weighted by Crippen LogP contribution is 2.43. The quantitative estimate of drug-likeness (QED) is 0.457. The first-order valence-electron chi connectivity index (χ1n) is 6.71. The third kappa shape index (κ3) is 3.77. The van der Waals surface area contributed by atoms with Crippen molar-refractivity contribution in [3.05, 3.63) is 12.7 Å². The van der Waals surface area contributed by atoms with Crippen molar-refractivity contribution in [3.8, 4) is 0 Å². The summed E-state index contributed by atoms with van der Waals surface area (Å²) in [7, 11) is 0. The molecule has 0 aliphatic heterocycles. The summed E-state index contributed by atoms with van der Waals surface area (Å²) in [5.41, 5.74) is 0.262. The van der Waals surface area contributed by atoms with Crippen LogP contribution >= 0.6 is 0 Å². The van der Waals surface area contributed by atoms with Crippen LogP contribution in [0.4, 0.5) is 0 Å². The fourth-order valence-corrected chi connectivity index (χ4v) is 2.86. The van der Waals surface area contributed by atoms with Crippen LogP contribution in [-0.4, -0.2) is 5.78 Å². The summed E-state index contributed by atoms with van der Waals surface area (Å²) < 4.78 is 0. The maximum Gasteiger partial charge on any atom is 0.136 e. The molecular formula is C15H26O. The van der Waals surface area contributed by atoms with Crippen molar-refractivity contribution in [2.24, 2.45) is 11.3 Å². The van der Waals surface area contributed by atoms with Crippen molar-refractivity contribution in [1.82, 2.24) is 0 Å². The van der Waals surface area contributed by atoms with Gasteiger partial charge in [-0.25, -0.2) is 0 Å². The monoisotopic (exact) mass is 222 g/mol. The van der Waals surface area contributed by atoms with Crippen LogP contribution in [0, 0.1) is 11.3 Å². The molecule has 0 N–H and O–H groups in total. The Morgan fingerprint density at radius 3 is 2.69 bits per heavy atom. The standard InChI is InChI=1S/C15H26O/c1-4-5-6-7-8-11-14(16)13-10-9-12-15(13,2)3/h4,13H,1,5-12H2,2-3H3. The van der Waals surface area contributed by atoms with Gasteiger partial charge in [0.2, 0.25) is 0 Å². The van der Waals surface area contributed by atoms with Crippen molar-refractivity contribution in [2.45, 2.75) is 65.2 Å². The minimum absolute atomic E-state index is 0.262. The van der Waals surface area contributed by atoms with E-state index in [0.717, 1.165) is 25.7 Å². The van der Waals surface area contributed by atoms with Gasteiger partial charge in [-0.2, -0.15) is 0 Å². The number of ketones is 1. The van der Waals surface area contributed by atoms with Crippen molar-refractivity contribution in [2.75, 3.05) is 0 Å². The van der Waals surface area contributed by atoms with E-state index in [0.29, 0.717) is 11.7 Å². The van der Waals surface area contributed by atoms with Crippen LogP contribution in [0.15, 0.2) is 12.7 Å². The highest BCUT2D eigenvalue weighted by atomic mass is 16.1. The van der Waals surface area contributed by atoms with Crippen LogP contribution in [0.5, 0.6) is 0 Å². The molecule has 1 saturated carbocycles. The number of hydrogen-bond donors (Lipinski definition) is 0. The molecule has 0 heterocycles. The van der Waals surface area contributed by atoms with E-state index in [2.05, 4.69) is 20.4 Å². The molecule has 0 saturated heterocycles. The lowest BCUT2D eigenvalue weighted by Crippen LogP contribution is -2.25. The highest BCUT2D eigenvalue weighted by molar-refractivity contribution is 5.82. The second kappa shape index (κ2) is 6.22.